The number of hydrogen-bond donors (Lipinski definition) is 2. The van der Waals surface area contributed by atoms with Gasteiger partial charge in [-0.1, -0.05) is 31.4 Å². The van der Waals surface area contributed by atoms with Crippen LogP contribution in [0, 0.1) is 0 Å². The maximum atomic E-state index is 12.4. The molecule has 1 unspecified atom stereocenters. The fourth-order valence-corrected chi connectivity index (χ4v) is 3.14. The Hall–Kier alpha value is -1.72. The molecule has 0 bridgehead atoms. The van der Waals surface area contributed by atoms with Crippen molar-refractivity contribution in [1.82, 2.24) is 14.9 Å². The van der Waals surface area contributed by atoms with Crippen LogP contribution in [0.25, 0.3) is 10.9 Å². The number of nitrogens with zero attached hydrogens (tertiary/aromatic N) is 2. The second-order valence-electron chi connectivity index (χ2n) is 6.12. The Morgan fingerprint density at radius 1 is 1.27 bits per heavy atom. The highest BCUT2D eigenvalue weighted by Crippen LogP contribution is 2.17. The first-order valence-corrected chi connectivity index (χ1v) is 8.09. The molecule has 1 aliphatic carbocycles. The average molecular weight is 301 g/mol. The number of aliphatic hydroxyl groups is 1. The van der Waals surface area contributed by atoms with Crippen molar-refractivity contribution < 1.29 is 5.11 Å². The molecule has 22 heavy (non-hydrogen) atoms. The van der Waals surface area contributed by atoms with Gasteiger partial charge in [0, 0.05) is 12.6 Å². The van der Waals surface area contributed by atoms with Gasteiger partial charge < -0.3 is 10.4 Å². The smallest absolute Gasteiger partial charge is 0.261 e. The summed E-state index contributed by atoms with van der Waals surface area (Å²) in [6.07, 6.45) is 7.16. The molecule has 1 saturated carbocycles. The van der Waals surface area contributed by atoms with Gasteiger partial charge in [0.25, 0.3) is 5.56 Å². The molecule has 1 fully saturated rings. The Bertz CT molecular complexity index is 677. The van der Waals surface area contributed by atoms with E-state index in [2.05, 4.69) is 10.3 Å². The Balaban J connectivity index is 1.62. The number of fused-ring (bicyclic) bond motifs is 1. The van der Waals surface area contributed by atoms with Gasteiger partial charge in [-0.15, -0.1) is 0 Å². The van der Waals surface area contributed by atoms with Gasteiger partial charge in [-0.2, -0.15) is 0 Å². The zero-order valence-electron chi connectivity index (χ0n) is 12.7. The van der Waals surface area contributed by atoms with Crippen molar-refractivity contribution in [2.75, 3.05) is 6.54 Å². The highest BCUT2D eigenvalue weighted by Gasteiger charge is 2.15. The van der Waals surface area contributed by atoms with Crippen LogP contribution in [0.2, 0.25) is 0 Å². The first kappa shape index (κ1) is 15.2. The first-order valence-electron chi connectivity index (χ1n) is 8.09. The van der Waals surface area contributed by atoms with Gasteiger partial charge in [0.2, 0.25) is 0 Å². The van der Waals surface area contributed by atoms with E-state index in [1.807, 2.05) is 18.2 Å². The van der Waals surface area contributed by atoms with Gasteiger partial charge in [-0.25, -0.2) is 4.98 Å². The topological polar surface area (TPSA) is 67.2 Å². The molecule has 2 N–H and O–H groups in total. The molecule has 1 aromatic carbocycles. The normalized spacial score (nSPS) is 17.7. The SMILES string of the molecule is O=c1c2ccccc2ncn1CC(O)CNC1CCCCC1. The first-order chi connectivity index (χ1) is 10.7. The molecule has 3 rings (SSSR count). The maximum absolute atomic E-state index is 12.4. The minimum absolute atomic E-state index is 0.0951. The highest BCUT2D eigenvalue weighted by molar-refractivity contribution is 5.76. The quantitative estimate of drug-likeness (QED) is 0.882. The highest BCUT2D eigenvalue weighted by atomic mass is 16.3. The fraction of sp³-hybridized carbons (Fsp3) is 0.529. The van der Waals surface area contributed by atoms with E-state index < -0.39 is 6.10 Å². The number of benzene rings is 1. The Morgan fingerprint density at radius 2 is 2.05 bits per heavy atom. The monoisotopic (exact) mass is 301 g/mol. The van der Waals surface area contributed by atoms with Gasteiger partial charge in [0.1, 0.15) is 0 Å². The lowest BCUT2D eigenvalue weighted by Gasteiger charge is -2.24. The van der Waals surface area contributed by atoms with Crippen LogP contribution in [0.1, 0.15) is 32.1 Å². The van der Waals surface area contributed by atoms with Crippen LogP contribution < -0.4 is 10.9 Å². The summed E-state index contributed by atoms with van der Waals surface area (Å²) in [7, 11) is 0. The summed E-state index contributed by atoms with van der Waals surface area (Å²) < 4.78 is 1.50. The number of rotatable bonds is 5. The van der Waals surface area contributed by atoms with E-state index >= 15 is 0 Å². The largest absolute Gasteiger partial charge is 0.390 e. The second kappa shape index (κ2) is 7.03. The molecule has 1 atom stereocenters. The Kier molecular flexibility index (Phi) is 4.85. The zero-order valence-corrected chi connectivity index (χ0v) is 12.7. The van der Waals surface area contributed by atoms with Crippen LogP contribution in [0.5, 0.6) is 0 Å². The van der Waals surface area contributed by atoms with Crippen molar-refractivity contribution in [2.24, 2.45) is 0 Å². The molecule has 0 aliphatic heterocycles. The summed E-state index contributed by atoms with van der Waals surface area (Å²) in [4.78, 5) is 16.6. The van der Waals surface area contributed by atoms with E-state index in [0.29, 0.717) is 23.5 Å². The van der Waals surface area contributed by atoms with Gasteiger partial charge in [-0.05, 0) is 25.0 Å². The van der Waals surface area contributed by atoms with Crippen LogP contribution in [-0.4, -0.2) is 33.3 Å². The Morgan fingerprint density at radius 3 is 2.86 bits per heavy atom. The Labute approximate surface area is 130 Å². The van der Waals surface area contributed by atoms with Crippen LogP contribution in [0.3, 0.4) is 0 Å². The van der Waals surface area contributed by atoms with Gasteiger partial charge in [0.15, 0.2) is 0 Å². The average Bonchev–Trinajstić information content (AvgIpc) is 2.57. The number of aliphatic hydroxyl groups excluding tert-OH is 1. The molecule has 1 aromatic heterocycles. The minimum atomic E-state index is -0.581. The van der Waals surface area contributed by atoms with E-state index in [4.69, 9.17) is 0 Å². The van der Waals surface area contributed by atoms with Crippen LogP contribution in [0.15, 0.2) is 35.4 Å². The third-order valence-electron chi connectivity index (χ3n) is 4.39. The van der Waals surface area contributed by atoms with E-state index in [1.54, 1.807) is 6.07 Å². The van der Waals surface area contributed by atoms with E-state index in [-0.39, 0.29) is 12.1 Å². The molecular weight excluding hydrogens is 278 g/mol. The van der Waals surface area contributed by atoms with Crippen molar-refractivity contribution in [3.05, 3.63) is 40.9 Å². The number of hydrogen-bond acceptors (Lipinski definition) is 4. The molecule has 1 aliphatic rings. The fourth-order valence-electron chi connectivity index (χ4n) is 3.14. The summed E-state index contributed by atoms with van der Waals surface area (Å²) in [5.74, 6) is 0. The van der Waals surface area contributed by atoms with Crippen molar-refractivity contribution >= 4 is 10.9 Å². The summed E-state index contributed by atoms with van der Waals surface area (Å²) in [6, 6.07) is 7.80. The predicted molar refractivity (Wildman–Crippen MR) is 86.9 cm³/mol. The second-order valence-corrected chi connectivity index (χ2v) is 6.12. The molecule has 5 nitrogen and oxygen atoms in total. The lowest BCUT2D eigenvalue weighted by molar-refractivity contribution is 0.142. The van der Waals surface area contributed by atoms with Crippen molar-refractivity contribution in [3.8, 4) is 0 Å². The van der Waals surface area contributed by atoms with Crippen molar-refractivity contribution in [2.45, 2.75) is 50.8 Å². The van der Waals surface area contributed by atoms with Gasteiger partial charge in [-0.3, -0.25) is 9.36 Å². The third-order valence-corrected chi connectivity index (χ3v) is 4.39. The van der Waals surface area contributed by atoms with E-state index in [1.165, 1.54) is 43.0 Å². The lowest BCUT2D eigenvalue weighted by Crippen LogP contribution is -2.39. The molecule has 0 spiro atoms. The van der Waals surface area contributed by atoms with Crippen LogP contribution in [-0.2, 0) is 6.54 Å². The van der Waals surface area contributed by atoms with Crippen LogP contribution in [0.4, 0.5) is 0 Å². The standard InChI is InChI=1S/C17H23N3O2/c21-14(10-18-13-6-2-1-3-7-13)11-20-12-19-16-9-5-4-8-15(16)17(20)22/h4-5,8-9,12-14,18,21H,1-3,6-7,10-11H2. The predicted octanol–water partition coefficient (Wildman–Crippen LogP) is 1.68. The van der Waals surface area contributed by atoms with E-state index in [0.717, 1.165) is 0 Å². The molecule has 5 heteroatoms. The van der Waals surface area contributed by atoms with Crippen LogP contribution >= 0.6 is 0 Å². The molecule has 2 aromatic rings. The molecule has 1 heterocycles. The maximum Gasteiger partial charge on any atom is 0.261 e. The van der Waals surface area contributed by atoms with Gasteiger partial charge in [0.05, 0.1) is 29.9 Å². The third kappa shape index (κ3) is 3.54. The summed E-state index contributed by atoms with van der Waals surface area (Å²) in [5.41, 5.74) is 0.598. The molecule has 118 valence electrons. The number of aromatic nitrogens is 2. The molecule has 0 saturated heterocycles. The molecule has 0 amide bonds. The van der Waals surface area contributed by atoms with E-state index in [9.17, 15) is 9.90 Å². The van der Waals surface area contributed by atoms with Crippen molar-refractivity contribution in [3.63, 3.8) is 0 Å². The molecule has 0 radical (unpaired) electrons. The summed E-state index contributed by atoms with van der Waals surface area (Å²) in [6.45, 7) is 0.792. The lowest BCUT2D eigenvalue weighted by atomic mass is 9.95. The summed E-state index contributed by atoms with van der Waals surface area (Å²) >= 11 is 0. The van der Waals surface area contributed by atoms with Gasteiger partial charge >= 0.3 is 0 Å². The molecular formula is C17H23N3O2. The van der Waals surface area contributed by atoms with Crippen molar-refractivity contribution in [1.29, 1.82) is 0 Å². The number of nitrogens with one attached hydrogen (secondary N) is 1. The minimum Gasteiger partial charge on any atom is -0.390 e. The summed E-state index contributed by atoms with van der Waals surface area (Å²) in [5, 5.41) is 14.2. The number of para-hydroxylation sites is 1. The zero-order chi connectivity index (χ0) is 15.4.